The lowest BCUT2D eigenvalue weighted by Gasteiger charge is -2.09. The number of hydrogen-bond acceptors (Lipinski definition) is 1. The average Bonchev–Trinajstić information content (AvgIpc) is 2.67. The molecule has 1 aromatic heterocycles. The predicted molar refractivity (Wildman–Crippen MR) is 71.3 cm³/mol. The summed E-state index contributed by atoms with van der Waals surface area (Å²) in [6, 6.07) is 6.77. The third-order valence-electron chi connectivity index (χ3n) is 2.16. The lowest BCUT2D eigenvalue weighted by atomic mass is 10.1. The Labute approximate surface area is 117 Å². The standard InChI is InChI=1S/C11H6Br3FO/c12-8-5-6(1-2-9(8)15)10(13)7-3-4-16-11(7)14/h1-5,10H. The van der Waals surface area contributed by atoms with Crippen LogP contribution in [0.25, 0.3) is 0 Å². The van der Waals surface area contributed by atoms with Crippen molar-refractivity contribution in [2.24, 2.45) is 0 Å². The highest BCUT2D eigenvalue weighted by atomic mass is 79.9. The molecule has 1 atom stereocenters. The molecule has 2 aromatic rings. The van der Waals surface area contributed by atoms with Crippen LogP contribution in [-0.2, 0) is 0 Å². The van der Waals surface area contributed by atoms with Crippen molar-refractivity contribution in [2.45, 2.75) is 4.83 Å². The normalized spacial score (nSPS) is 12.8. The van der Waals surface area contributed by atoms with Crippen LogP contribution in [0.15, 0.2) is 44.1 Å². The summed E-state index contributed by atoms with van der Waals surface area (Å²) < 4.78 is 19.4. The van der Waals surface area contributed by atoms with Crippen molar-refractivity contribution < 1.29 is 8.81 Å². The maximum atomic E-state index is 13.1. The first-order valence-electron chi connectivity index (χ1n) is 4.41. The van der Waals surface area contributed by atoms with E-state index in [-0.39, 0.29) is 10.6 Å². The fraction of sp³-hybridized carbons (Fsp3) is 0.0909. The van der Waals surface area contributed by atoms with E-state index in [1.807, 2.05) is 6.07 Å². The molecule has 0 aliphatic rings. The minimum Gasteiger partial charge on any atom is -0.457 e. The molecule has 0 spiro atoms. The van der Waals surface area contributed by atoms with Crippen LogP contribution in [0.4, 0.5) is 4.39 Å². The first-order valence-corrected chi connectivity index (χ1v) is 6.91. The molecule has 0 saturated heterocycles. The van der Waals surface area contributed by atoms with Crippen molar-refractivity contribution in [1.29, 1.82) is 0 Å². The summed E-state index contributed by atoms with van der Waals surface area (Å²) in [7, 11) is 0. The number of alkyl halides is 1. The van der Waals surface area contributed by atoms with Crippen molar-refractivity contribution in [3.8, 4) is 0 Å². The third-order valence-corrected chi connectivity index (χ3v) is 4.43. The molecule has 0 N–H and O–H groups in total. The largest absolute Gasteiger partial charge is 0.457 e. The molecule has 1 heterocycles. The summed E-state index contributed by atoms with van der Waals surface area (Å²) in [6.45, 7) is 0. The van der Waals surface area contributed by atoms with Gasteiger partial charge in [-0.25, -0.2) is 4.39 Å². The molecule has 0 fully saturated rings. The third kappa shape index (κ3) is 2.41. The Morgan fingerprint density at radius 3 is 2.50 bits per heavy atom. The van der Waals surface area contributed by atoms with Crippen molar-refractivity contribution in [3.05, 3.63) is 56.6 Å². The highest BCUT2D eigenvalue weighted by molar-refractivity contribution is 9.11. The van der Waals surface area contributed by atoms with Gasteiger partial charge in [-0.1, -0.05) is 22.0 Å². The Kier molecular flexibility index (Phi) is 3.87. The molecule has 84 valence electrons. The van der Waals surface area contributed by atoms with Crippen LogP contribution in [0.3, 0.4) is 0 Å². The van der Waals surface area contributed by atoms with E-state index in [0.29, 0.717) is 9.14 Å². The van der Waals surface area contributed by atoms with E-state index in [9.17, 15) is 4.39 Å². The Morgan fingerprint density at radius 1 is 1.19 bits per heavy atom. The summed E-state index contributed by atoms with van der Waals surface area (Å²) in [6.07, 6.45) is 1.60. The van der Waals surface area contributed by atoms with Crippen molar-refractivity contribution in [1.82, 2.24) is 0 Å². The molecular formula is C11H6Br3FO. The van der Waals surface area contributed by atoms with Gasteiger partial charge in [-0.15, -0.1) is 0 Å². The highest BCUT2D eigenvalue weighted by Crippen LogP contribution is 2.37. The summed E-state index contributed by atoms with van der Waals surface area (Å²) in [5, 5.41) is 0. The molecule has 0 aliphatic carbocycles. The smallest absolute Gasteiger partial charge is 0.173 e. The number of benzene rings is 1. The van der Waals surface area contributed by atoms with Gasteiger partial charge >= 0.3 is 0 Å². The number of halogens is 4. The Hall–Kier alpha value is -0.130. The second-order valence-corrected chi connectivity index (χ2v) is 5.68. The zero-order chi connectivity index (χ0) is 11.7. The summed E-state index contributed by atoms with van der Waals surface area (Å²) >= 11 is 10.0. The van der Waals surface area contributed by atoms with Crippen LogP contribution in [0.5, 0.6) is 0 Å². The van der Waals surface area contributed by atoms with E-state index < -0.39 is 0 Å². The van der Waals surface area contributed by atoms with Gasteiger partial charge in [0.25, 0.3) is 0 Å². The zero-order valence-electron chi connectivity index (χ0n) is 7.88. The fourth-order valence-electron chi connectivity index (χ4n) is 1.33. The van der Waals surface area contributed by atoms with Crippen LogP contribution in [-0.4, -0.2) is 0 Å². The van der Waals surface area contributed by atoms with Gasteiger partial charge in [0.1, 0.15) is 5.82 Å². The monoisotopic (exact) mass is 410 g/mol. The maximum Gasteiger partial charge on any atom is 0.173 e. The Bertz CT molecular complexity index is 510. The van der Waals surface area contributed by atoms with Crippen LogP contribution in [0.2, 0.25) is 0 Å². The molecule has 5 heteroatoms. The number of furan rings is 1. The average molecular weight is 413 g/mol. The zero-order valence-corrected chi connectivity index (χ0v) is 12.6. The van der Waals surface area contributed by atoms with Gasteiger partial charge in [-0.05, 0) is 55.6 Å². The molecule has 1 unspecified atom stereocenters. The lowest BCUT2D eigenvalue weighted by Crippen LogP contribution is -1.92. The van der Waals surface area contributed by atoms with Gasteiger partial charge in [0.05, 0.1) is 15.6 Å². The first-order chi connectivity index (χ1) is 7.59. The summed E-state index contributed by atoms with van der Waals surface area (Å²) in [5.41, 5.74) is 1.92. The number of rotatable bonds is 2. The summed E-state index contributed by atoms with van der Waals surface area (Å²) in [5.74, 6) is -0.269. The molecule has 0 saturated carbocycles. The SMILES string of the molecule is Fc1ccc(C(Br)c2ccoc2Br)cc1Br. The fourth-order valence-corrected chi connectivity index (χ4v) is 3.15. The van der Waals surface area contributed by atoms with E-state index in [1.54, 1.807) is 18.4 Å². The molecule has 16 heavy (non-hydrogen) atoms. The van der Waals surface area contributed by atoms with Gasteiger partial charge in [-0.3, -0.25) is 0 Å². The first kappa shape index (κ1) is 12.3. The second-order valence-electron chi connectivity index (χ2n) is 3.19. The maximum absolute atomic E-state index is 13.1. The minimum absolute atomic E-state index is 0.0301. The van der Waals surface area contributed by atoms with E-state index in [2.05, 4.69) is 47.8 Å². The van der Waals surface area contributed by atoms with E-state index in [1.165, 1.54) is 6.07 Å². The number of hydrogen-bond donors (Lipinski definition) is 0. The molecule has 1 nitrogen and oxygen atoms in total. The Morgan fingerprint density at radius 2 is 1.94 bits per heavy atom. The van der Waals surface area contributed by atoms with Gasteiger partial charge in [-0.2, -0.15) is 0 Å². The second kappa shape index (κ2) is 5.02. The lowest BCUT2D eigenvalue weighted by molar-refractivity contribution is 0.537. The molecule has 0 aliphatic heterocycles. The van der Waals surface area contributed by atoms with E-state index >= 15 is 0 Å². The van der Waals surface area contributed by atoms with Crippen LogP contribution in [0, 0.1) is 5.82 Å². The predicted octanol–water partition coefficient (Wildman–Crippen LogP) is 5.43. The molecule has 2 rings (SSSR count). The van der Waals surface area contributed by atoms with Crippen LogP contribution >= 0.6 is 47.8 Å². The highest BCUT2D eigenvalue weighted by Gasteiger charge is 2.16. The molecule has 1 aromatic carbocycles. The van der Waals surface area contributed by atoms with Crippen molar-refractivity contribution in [2.75, 3.05) is 0 Å². The van der Waals surface area contributed by atoms with Gasteiger partial charge in [0.15, 0.2) is 4.67 Å². The molecule has 0 bridgehead atoms. The topological polar surface area (TPSA) is 13.1 Å². The van der Waals surface area contributed by atoms with Crippen LogP contribution < -0.4 is 0 Å². The molecule has 0 radical (unpaired) electrons. The van der Waals surface area contributed by atoms with Gasteiger partial charge in [0.2, 0.25) is 0 Å². The van der Waals surface area contributed by atoms with Gasteiger partial charge < -0.3 is 4.42 Å². The van der Waals surface area contributed by atoms with Crippen molar-refractivity contribution >= 4 is 47.8 Å². The minimum atomic E-state index is -0.269. The summed E-state index contributed by atoms with van der Waals surface area (Å²) in [4.78, 5) is -0.0301. The quantitative estimate of drug-likeness (QED) is 0.599. The van der Waals surface area contributed by atoms with E-state index in [4.69, 9.17) is 4.42 Å². The molecule has 0 amide bonds. The van der Waals surface area contributed by atoms with Gasteiger partial charge in [0, 0.05) is 5.56 Å². The van der Waals surface area contributed by atoms with Crippen molar-refractivity contribution in [3.63, 3.8) is 0 Å². The van der Waals surface area contributed by atoms with E-state index in [0.717, 1.165) is 11.1 Å². The molecular weight excluding hydrogens is 407 g/mol. The Balaban J connectivity index is 2.38. The van der Waals surface area contributed by atoms with Crippen LogP contribution in [0.1, 0.15) is 16.0 Å².